The van der Waals surface area contributed by atoms with Crippen molar-refractivity contribution in [2.75, 3.05) is 6.54 Å². The topological polar surface area (TPSA) is 66.6 Å². The summed E-state index contributed by atoms with van der Waals surface area (Å²) in [6.45, 7) is 1.32. The lowest BCUT2D eigenvalue weighted by atomic mass is 10.2. The van der Waals surface area contributed by atoms with E-state index in [9.17, 15) is 4.79 Å². The molecule has 1 aromatic heterocycles. The van der Waals surface area contributed by atoms with Crippen LogP contribution in [0.3, 0.4) is 0 Å². The first-order valence-corrected chi connectivity index (χ1v) is 6.71. The highest BCUT2D eigenvalue weighted by Gasteiger charge is 2.30. The SMILES string of the molecule is O=C(O)[C@@H]1CCCN1Cc1coc(-c2ccccc2)n1. The van der Waals surface area contributed by atoms with Crippen LogP contribution in [0.5, 0.6) is 0 Å². The molecule has 0 amide bonds. The van der Waals surface area contributed by atoms with Crippen LogP contribution in [0.2, 0.25) is 0 Å². The van der Waals surface area contributed by atoms with Crippen molar-refractivity contribution in [1.82, 2.24) is 9.88 Å². The van der Waals surface area contributed by atoms with Crippen LogP contribution in [0.25, 0.3) is 11.5 Å². The number of carboxylic acid groups (broad SMARTS) is 1. The van der Waals surface area contributed by atoms with Crippen molar-refractivity contribution >= 4 is 5.97 Å². The summed E-state index contributed by atoms with van der Waals surface area (Å²) < 4.78 is 5.47. The molecule has 2 aromatic rings. The van der Waals surface area contributed by atoms with Gasteiger partial charge in [0.05, 0.1) is 5.69 Å². The van der Waals surface area contributed by atoms with Gasteiger partial charge in [-0.25, -0.2) is 4.98 Å². The molecule has 1 fully saturated rings. The summed E-state index contributed by atoms with van der Waals surface area (Å²) in [5.74, 6) is -0.180. The molecule has 1 saturated heterocycles. The fraction of sp³-hybridized carbons (Fsp3) is 0.333. The molecule has 1 aromatic carbocycles. The van der Waals surface area contributed by atoms with E-state index in [-0.39, 0.29) is 0 Å². The van der Waals surface area contributed by atoms with E-state index in [2.05, 4.69) is 4.98 Å². The highest BCUT2D eigenvalue weighted by molar-refractivity contribution is 5.73. The molecule has 0 spiro atoms. The average molecular weight is 272 g/mol. The van der Waals surface area contributed by atoms with E-state index in [0.29, 0.717) is 18.9 Å². The van der Waals surface area contributed by atoms with E-state index >= 15 is 0 Å². The van der Waals surface area contributed by atoms with Crippen LogP contribution in [-0.4, -0.2) is 33.5 Å². The summed E-state index contributed by atoms with van der Waals surface area (Å²) in [6.07, 6.45) is 3.23. The molecule has 0 radical (unpaired) electrons. The summed E-state index contributed by atoms with van der Waals surface area (Å²) in [4.78, 5) is 17.5. The Bertz CT molecular complexity index is 594. The van der Waals surface area contributed by atoms with Crippen LogP contribution in [0, 0.1) is 0 Å². The summed E-state index contributed by atoms with van der Waals surface area (Å²) in [5.41, 5.74) is 1.70. The van der Waals surface area contributed by atoms with Crippen molar-refractivity contribution in [2.24, 2.45) is 0 Å². The molecule has 1 aliphatic heterocycles. The monoisotopic (exact) mass is 272 g/mol. The van der Waals surface area contributed by atoms with Crippen LogP contribution >= 0.6 is 0 Å². The van der Waals surface area contributed by atoms with Gasteiger partial charge in [-0.05, 0) is 31.5 Å². The molecule has 1 aliphatic rings. The second kappa shape index (κ2) is 5.46. The normalized spacial score (nSPS) is 19.3. The quantitative estimate of drug-likeness (QED) is 0.925. The van der Waals surface area contributed by atoms with Crippen LogP contribution in [0.4, 0.5) is 0 Å². The molecule has 0 unspecified atom stereocenters. The summed E-state index contributed by atoms with van der Waals surface area (Å²) >= 11 is 0. The third-order valence-corrected chi connectivity index (χ3v) is 3.59. The van der Waals surface area contributed by atoms with Gasteiger partial charge in [0.1, 0.15) is 12.3 Å². The number of aromatic nitrogens is 1. The maximum atomic E-state index is 11.1. The fourth-order valence-corrected chi connectivity index (χ4v) is 2.60. The molecule has 2 heterocycles. The number of nitrogens with zero attached hydrogens (tertiary/aromatic N) is 2. The summed E-state index contributed by atoms with van der Waals surface area (Å²) in [5, 5.41) is 9.16. The van der Waals surface area contributed by atoms with Crippen molar-refractivity contribution in [3.05, 3.63) is 42.3 Å². The standard InChI is InChI=1S/C15H16N2O3/c18-15(19)13-7-4-8-17(13)9-12-10-20-14(16-12)11-5-2-1-3-6-11/h1-3,5-6,10,13H,4,7-9H2,(H,18,19)/t13-/m0/s1. The van der Waals surface area contributed by atoms with Gasteiger partial charge in [-0.3, -0.25) is 9.69 Å². The third-order valence-electron chi connectivity index (χ3n) is 3.59. The van der Waals surface area contributed by atoms with E-state index in [1.54, 1.807) is 6.26 Å². The molecule has 1 atom stereocenters. The van der Waals surface area contributed by atoms with Crippen LogP contribution in [0.15, 0.2) is 41.0 Å². The fourth-order valence-electron chi connectivity index (χ4n) is 2.60. The molecular weight excluding hydrogens is 256 g/mol. The summed E-state index contributed by atoms with van der Waals surface area (Å²) in [7, 11) is 0. The van der Waals surface area contributed by atoms with Gasteiger partial charge in [-0.2, -0.15) is 0 Å². The van der Waals surface area contributed by atoms with Crippen molar-refractivity contribution in [1.29, 1.82) is 0 Å². The van der Waals surface area contributed by atoms with Gasteiger partial charge in [0, 0.05) is 12.1 Å². The van der Waals surface area contributed by atoms with E-state index in [0.717, 1.165) is 24.2 Å². The Morgan fingerprint density at radius 1 is 1.40 bits per heavy atom. The minimum atomic E-state index is -0.755. The Hall–Kier alpha value is -2.14. The number of hydrogen-bond acceptors (Lipinski definition) is 4. The molecule has 1 N–H and O–H groups in total. The first-order chi connectivity index (χ1) is 9.74. The number of benzene rings is 1. The first-order valence-electron chi connectivity index (χ1n) is 6.71. The number of hydrogen-bond donors (Lipinski definition) is 1. The molecule has 104 valence electrons. The average Bonchev–Trinajstić information content (AvgIpc) is 3.09. The van der Waals surface area contributed by atoms with Crippen molar-refractivity contribution < 1.29 is 14.3 Å². The van der Waals surface area contributed by atoms with Gasteiger partial charge in [0.15, 0.2) is 0 Å². The number of carbonyl (C=O) groups is 1. The lowest BCUT2D eigenvalue weighted by Crippen LogP contribution is -2.35. The van der Waals surface area contributed by atoms with Gasteiger partial charge in [0.2, 0.25) is 5.89 Å². The smallest absolute Gasteiger partial charge is 0.320 e. The molecule has 0 aliphatic carbocycles. The number of aliphatic carboxylic acids is 1. The Morgan fingerprint density at radius 3 is 2.95 bits per heavy atom. The predicted octanol–water partition coefficient (Wildman–Crippen LogP) is 2.39. The molecule has 5 nitrogen and oxygen atoms in total. The second-order valence-corrected chi connectivity index (χ2v) is 4.98. The second-order valence-electron chi connectivity index (χ2n) is 4.98. The number of rotatable bonds is 4. The van der Waals surface area contributed by atoms with Crippen LogP contribution in [-0.2, 0) is 11.3 Å². The zero-order valence-corrected chi connectivity index (χ0v) is 11.0. The maximum Gasteiger partial charge on any atom is 0.320 e. The van der Waals surface area contributed by atoms with E-state index in [1.165, 1.54) is 0 Å². The van der Waals surface area contributed by atoms with Gasteiger partial charge >= 0.3 is 5.97 Å². The molecule has 20 heavy (non-hydrogen) atoms. The Morgan fingerprint density at radius 2 is 2.20 bits per heavy atom. The van der Waals surface area contributed by atoms with Crippen LogP contribution < -0.4 is 0 Å². The Balaban J connectivity index is 1.73. The van der Waals surface area contributed by atoms with E-state index in [4.69, 9.17) is 9.52 Å². The zero-order chi connectivity index (χ0) is 13.9. The predicted molar refractivity (Wildman–Crippen MR) is 73.0 cm³/mol. The molecular formula is C15H16N2O3. The lowest BCUT2D eigenvalue weighted by molar-refractivity contribution is -0.142. The van der Waals surface area contributed by atoms with Crippen molar-refractivity contribution in [3.8, 4) is 11.5 Å². The highest BCUT2D eigenvalue weighted by atomic mass is 16.4. The van der Waals surface area contributed by atoms with Gasteiger partial charge in [-0.15, -0.1) is 0 Å². The van der Waals surface area contributed by atoms with E-state index in [1.807, 2.05) is 35.2 Å². The minimum Gasteiger partial charge on any atom is -0.480 e. The van der Waals surface area contributed by atoms with Gasteiger partial charge < -0.3 is 9.52 Å². The Kier molecular flexibility index (Phi) is 3.52. The van der Waals surface area contributed by atoms with Crippen molar-refractivity contribution in [3.63, 3.8) is 0 Å². The van der Waals surface area contributed by atoms with Crippen molar-refractivity contribution in [2.45, 2.75) is 25.4 Å². The van der Waals surface area contributed by atoms with Gasteiger partial charge in [-0.1, -0.05) is 18.2 Å². The maximum absolute atomic E-state index is 11.1. The molecule has 0 saturated carbocycles. The van der Waals surface area contributed by atoms with Crippen LogP contribution in [0.1, 0.15) is 18.5 Å². The highest BCUT2D eigenvalue weighted by Crippen LogP contribution is 2.22. The largest absolute Gasteiger partial charge is 0.480 e. The minimum absolute atomic E-state index is 0.396. The molecule has 5 heteroatoms. The Labute approximate surface area is 116 Å². The zero-order valence-electron chi connectivity index (χ0n) is 11.0. The number of carboxylic acids is 1. The van der Waals surface area contributed by atoms with Gasteiger partial charge in [0.25, 0.3) is 0 Å². The number of oxazole rings is 1. The van der Waals surface area contributed by atoms with E-state index < -0.39 is 12.0 Å². The molecule has 3 rings (SSSR count). The summed E-state index contributed by atoms with van der Waals surface area (Å²) in [6, 6.07) is 9.28. The number of likely N-dealkylation sites (tertiary alicyclic amines) is 1. The lowest BCUT2D eigenvalue weighted by Gasteiger charge is -2.19. The molecule has 0 bridgehead atoms. The first kappa shape index (κ1) is 12.9. The third kappa shape index (κ3) is 2.58.